The third-order valence-corrected chi connectivity index (χ3v) is 6.49. The molecule has 0 unspecified atom stereocenters. The lowest BCUT2D eigenvalue weighted by molar-refractivity contribution is -0.118. The maximum Gasteiger partial charge on any atom is 0.272 e. The molecule has 0 bridgehead atoms. The molecule has 154 valence electrons. The number of thioether (sulfide) groups is 1. The van der Waals surface area contributed by atoms with Crippen LogP contribution in [0.25, 0.3) is 10.2 Å². The van der Waals surface area contributed by atoms with Crippen molar-refractivity contribution in [3.8, 4) is 0 Å². The van der Waals surface area contributed by atoms with E-state index in [1.807, 2.05) is 17.5 Å². The summed E-state index contributed by atoms with van der Waals surface area (Å²) in [7, 11) is 1.64. The van der Waals surface area contributed by atoms with E-state index in [4.69, 9.17) is 4.74 Å². The number of fused-ring (bicyclic) bond motifs is 1. The zero-order chi connectivity index (χ0) is 20.8. The molecule has 6 nitrogen and oxygen atoms in total. The van der Waals surface area contributed by atoms with Crippen LogP contribution in [-0.4, -0.2) is 41.5 Å². The number of nitrogens with zero attached hydrogens (tertiary/aromatic N) is 2. The van der Waals surface area contributed by atoms with Gasteiger partial charge in [0.2, 0.25) is 5.91 Å². The number of ether oxygens (including phenoxy) is 1. The summed E-state index contributed by atoms with van der Waals surface area (Å²) in [6.07, 6.45) is 0.767. The maximum absolute atomic E-state index is 13.1. The molecule has 29 heavy (non-hydrogen) atoms. The van der Waals surface area contributed by atoms with E-state index in [1.54, 1.807) is 11.7 Å². The van der Waals surface area contributed by atoms with Crippen molar-refractivity contribution in [2.75, 3.05) is 26.0 Å². The lowest BCUT2D eigenvalue weighted by Gasteiger charge is -2.13. The first kappa shape index (κ1) is 21.5. The van der Waals surface area contributed by atoms with Gasteiger partial charge in [-0.25, -0.2) is 4.98 Å². The van der Waals surface area contributed by atoms with Crippen LogP contribution in [-0.2, 0) is 16.1 Å². The number of aromatic nitrogens is 2. The molecule has 0 fully saturated rings. The van der Waals surface area contributed by atoms with Crippen molar-refractivity contribution in [1.29, 1.82) is 0 Å². The van der Waals surface area contributed by atoms with E-state index in [0.29, 0.717) is 35.1 Å². The second-order valence-corrected chi connectivity index (χ2v) is 8.68. The Morgan fingerprint density at radius 1 is 1.28 bits per heavy atom. The molecule has 2 aromatic heterocycles. The number of amides is 1. The molecule has 0 radical (unpaired) electrons. The monoisotopic (exact) mass is 431 g/mol. The average Bonchev–Trinajstić information content (AvgIpc) is 3.17. The predicted octanol–water partition coefficient (Wildman–Crippen LogP) is 3.37. The molecule has 0 atom stereocenters. The number of thiophene rings is 1. The summed E-state index contributed by atoms with van der Waals surface area (Å²) < 4.78 is 7.30. The van der Waals surface area contributed by atoms with Crippen LogP contribution < -0.4 is 10.9 Å². The molecule has 1 aromatic carbocycles. The minimum atomic E-state index is -0.0801. The SMILES string of the molecule is COCCCNC(=O)CSc1nc2ccsc2c(=O)n1Cc1ccc(C)c(C)c1. The zero-order valence-corrected chi connectivity index (χ0v) is 18.5. The Morgan fingerprint density at radius 3 is 2.86 bits per heavy atom. The van der Waals surface area contributed by atoms with Gasteiger partial charge >= 0.3 is 0 Å². The Hall–Kier alpha value is -2.16. The first-order chi connectivity index (χ1) is 14.0. The zero-order valence-electron chi connectivity index (χ0n) is 16.9. The molecule has 1 N–H and O–H groups in total. The molecule has 0 spiro atoms. The van der Waals surface area contributed by atoms with E-state index >= 15 is 0 Å². The van der Waals surface area contributed by atoms with Crippen LogP contribution in [0.1, 0.15) is 23.1 Å². The van der Waals surface area contributed by atoms with Gasteiger partial charge in [0.25, 0.3) is 5.56 Å². The highest BCUT2D eigenvalue weighted by molar-refractivity contribution is 7.99. The van der Waals surface area contributed by atoms with Crippen LogP contribution in [0.4, 0.5) is 0 Å². The summed E-state index contributed by atoms with van der Waals surface area (Å²) in [5, 5.41) is 5.30. The van der Waals surface area contributed by atoms with Crippen molar-refractivity contribution in [2.45, 2.75) is 32.0 Å². The summed E-state index contributed by atoms with van der Waals surface area (Å²) in [4.78, 5) is 29.9. The van der Waals surface area contributed by atoms with Gasteiger partial charge in [0.15, 0.2) is 5.16 Å². The Bertz CT molecular complexity index is 1060. The van der Waals surface area contributed by atoms with Crippen molar-refractivity contribution in [2.24, 2.45) is 0 Å². The number of carbonyl (C=O) groups excluding carboxylic acids is 1. The molecule has 0 saturated heterocycles. The highest BCUT2D eigenvalue weighted by Crippen LogP contribution is 2.22. The van der Waals surface area contributed by atoms with E-state index < -0.39 is 0 Å². The fraction of sp³-hybridized carbons (Fsp3) is 0.381. The number of rotatable bonds is 9. The Morgan fingerprint density at radius 2 is 2.10 bits per heavy atom. The van der Waals surface area contributed by atoms with Crippen molar-refractivity contribution < 1.29 is 9.53 Å². The molecule has 0 aliphatic rings. The van der Waals surface area contributed by atoms with E-state index in [-0.39, 0.29) is 17.2 Å². The molecule has 3 rings (SSSR count). The molecule has 3 aromatic rings. The third kappa shape index (κ3) is 5.46. The second kappa shape index (κ2) is 10.0. The first-order valence-corrected chi connectivity index (χ1v) is 11.3. The molecule has 2 heterocycles. The Labute approximate surface area is 178 Å². The lowest BCUT2D eigenvalue weighted by atomic mass is 10.1. The number of hydrogen-bond acceptors (Lipinski definition) is 6. The molecule has 0 saturated carbocycles. The minimum Gasteiger partial charge on any atom is -0.385 e. The summed E-state index contributed by atoms with van der Waals surface area (Å²) in [5.41, 5.74) is 4.06. The molecule has 8 heteroatoms. The second-order valence-electron chi connectivity index (χ2n) is 6.82. The number of benzene rings is 1. The summed E-state index contributed by atoms with van der Waals surface area (Å²) in [5.74, 6) is 0.130. The van der Waals surface area contributed by atoms with Gasteiger partial charge in [-0.3, -0.25) is 14.2 Å². The number of methoxy groups -OCH3 is 1. The summed E-state index contributed by atoms with van der Waals surface area (Å²) >= 11 is 2.69. The van der Waals surface area contributed by atoms with Gasteiger partial charge in [0.1, 0.15) is 4.70 Å². The number of hydrogen-bond donors (Lipinski definition) is 1. The van der Waals surface area contributed by atoms with Crippen LogP contribution in [0.5, 0.6) is 0 Å². The number of carbonyl (C=O) groups is 1. The molecular weight excluding hydrogens is 406 g/mol. The van der Waals surface area contributed by atoms with E-state index in [1.165, 1.54) is 34.2 Å². The standard InChI is InChI=1S/C21H25N3O3S2/c1-14-5-6-16(11-15(14)2)12-24-20(26)19-17(7-10-28-19)23-21(24)29-13-18(25)22-8-4-9-27-3/h5-7,10-11H,4,8-9,12-13H2,1-3H3,(H,22,25). The van der Waals surface area contributed by atoms with Gasteiger partial charge in [-0.1, -0.05) is 30.0 Å². The van der Waals surface area contributed by atoms with Crippen LogP contribution in [0.3, 0.4) is 0 Å². The van der Waals surface area contributed by atoms with Gasteiger partial charge in [0, 0.05) is 20.3 Å². The predicted molar refractivity (Wildman–Crippen MR) is 119 cm³/mol. The quantitative estimate of drug-likeness (QED) is 0.319. The van der Waals surface area contributed by atoms with Gasteiger partial charge < -0.3 is 10.1 Å². The Balaban J connectivity index is 1.81. The van der Waals surface area contributed by atoms with Crippen molar-refractivity contribution in [1.82, 2.24) is 14.9 Å². The molecule has 0 aliphatic heterocycles. The van der Waals surface area contributed by atoms with Crippen LogP contribution in [0.15, 0.2) is 39.6 Å². The highest BCUT2D eigenvalue weighted by atomic mass is 32.2. The van der Waals surface area contributed by atoms with Crippen molar-refractivity contribution in [3.05, 3.63) is 56.7 Å². The molecular formula is C21H25N3O3S2. The van der Waals surface area contributed by atoms with Gasteiger partial charge in [0.05, 0.1) is 17.8 Å². The number of aryl methyl sites for hydroxylation is 2. The average molecular weight is 432 g/mol. The fourth-order valence-corrected chi connectivity index (χ4v) is 4.49. The van der Waals surface area contributed by atoms with Crippen molar-refractivity contribution >= 4 is 39.2 Å². The minimum absolute atomic E-state index is 0.0637. The topological polar surface area (TPSA) is 73.2 Å². The third-order valence-electron chi connectivity index (χ3n) is 4.62. The Kier molecular flexibility index (Phi) is 7.46. The summed E-state index contributed by atoms with van der Waals surface area (Å²) in [6.45, 7) is 5.74. The van der Waals surface area contributed by atoms with Gasteiger partial charge in [-0.2, -0.15) is 0 Å². The smallest absolute Gasteiger partial charge is 0.272 e. The number of nitrogens with one attached hydrogen (secondary N) is 1. The first-order valence-electron chi connectivity index (χ1n) is 9.42. The van der Waals surface area contributed by atoms with E-state index in [2.05, 4.69) is 36.3 Å². The lowest BCUT2D eigenvalue weighted by Crippen LogP contribution is -2.28. The molecule has 1 amide bonds. The van der Waals surface area contributed by atoms with Gasteiger partial charge in [-0.15, -0.1) is 11.3 Å². The summed E-state index contributed by atoms with van der Waals surface area (Å²) in [6, 6.07) is 8.03. The largest absolute Gasteiger partial charge is 0.385 e. The van der Waals surface area contributed by atoms with Crippen molar-refractivity contribution in [3.63, 3.8) is 0 Å². The fourth-order valence-electron chi connectivity index (χ4n) is 2.88. The molecule has 0 aliphatic carbocycles. The van der Waals surface area contributed by atoms with Crippen LogP contribution in [0.2, 0.25) is 0 Å². The highest BCUT2D eigenvalue weighted by Gasteiger charge is 2.15. The van der Waals surface area contributed by atoms with E-state index in [9.17, 15) is 9.59 Å². The normalized spacial score (nSPS) is 11.1. The van der Waals surface area contributed by atoms with E-state index in [0.717, 1.165) is 12.0 Å². The van der Waals surface area contributed by atoms with Crippen LogP contribution >= 0.6 is 23.1 Å². The maximum atomic E-state index is 13.1. The van der Waals surface area contributed by atoms with Gasteiger partial charge in [-0.05, 0) is 48.4 Å². The van der Waals surface area contributed by atoms with Crippen LogP contribution in [0, 0.1) is 13.8 Å².